The van der Waals surface area contributed by atoms with Crippen LogP contribution in [0, 0.1) is 0 Å². The van der Waals surface area contributed by atoms with Gasteiger partial charge in [0.15, 0.2) is 5.13 Å². The van der Waals surface area contributed by atoms with Gasteiger partial charge in [-0.2, -0.15) is 13.2 Å². The minimum Gasteiger partial charge on any atom is -0.298 e. The number of halogens is 3. The zero-order valence-corrected chi connectivity index (χ0v) is 10.8. The molecule has 1 aromatic heterocycles. The Labute approximate surface area is 116 Å². The van der Waals surface area contributed by atoms with Crippen LogP contribution in [0.5, 0.6) is 0 Å². The van der Waals surface area contributed by atoms with E-state index in [0.717, 1.165) is 18.2 Å². The molecular weight excluding hydrogens is 289 g/mol. The first-order chi connectivity index (χ1) is 9.45. The maximum Gasteiger partial charge on any atom is 0.416 e. The fourth-order valence-electron chi connectivity index (χ4n) is 1.42. The molecule has 104 valence electrons. The van der Waals surface area contributed by atoms with Crippen molar-refractivity contribution in [3.8, 4) is 0 Å². The molecule has 0 aliphatic carbocycles. The summed E-state index contributed by atoms with van der Waals surface area (Å²) in [5, 5.41) is 4.63. The van der Waals surface area contributed by atoms with E-state index in [-0.39, 0.29) is 0 Å². The van der Waals surface area contributed by atoms with Crippen molar-refractivity contribution in [2.45, 2.75) is 6.18 Å². The smallest absolute Gasteiger partial charge is 0.298 e. The molecule has 1 N–H and O–H groups in total. The summed E-state index contributed by atoms with van der Waals surface area (Å²) in [4.78, 5) is 15.4. The molecule has 0 atom stereocenters. The second-order valence-electron chi connectivity index (χ2n) is 3.78. The van der Waals surface area contributed by atoms with Crippen LogP contribution in [-0.2, 0) is 11.0 Å². The van der Waals surface area contributed by atoms with E-state index in [4.69, 9.17) is 0 Å². The minimum atomic E-state index is -4.40. The van der Waals surface area contributed by atoms with Gasteiger partial charge in [0.2, 0.25) is 5.91 Å². The van der Waals surface area contributed by atoms with Crippen molar-refractivity contribution < 1.29 is 18.0 Å². The highest BCUT2D eigenvalue weighted by Crippen LogP contribution is 2.29. The molecule has 0 aliphatic heterocycles. The topological polar surface area (TPSA) is 42.0 Å². The van der Waals surface area contributed by atoms with Crippen molar-refractivity contribution in [1.82, 2.24) is 4.98 Å². The van der Waals surface area contributed by atoms with E-state index in [9.17, 15) is 18.0 Å². The van der Waals surface area contributed by atoms with Gasteiger partial charge < -0.3 is 0 Å². The Morgan fingerprint density at radius 3 is 2.80 bits per heavy atom. The Kier molecular flexibility index (Phi) is 4.19. The van der Waals surface area contributed by atoms with Gasteiger partial charge in [0, 0.05) is 17.7 Å². The van der Waals surface area contributed by atoms with E-state index in [1.54, 1.807) is 5.38 Å². The molecule has 2 aromatic rings. The number of hydrogen-bond acceptors (Lipinski definition) is 3. The van der Waals surface area contributed by atoms with Gasteiger partial charge in [-0.3, -0.25) is 10.1 Å². The molecule has 0 radical (unpaired) electrons. The van der Waals surface area contributed by atoms with Crippen molar-refractivity contribution in [2.24, 2.45) is 0 Å². The van der Waals surface area contributed by atoms with Gasteiger partial charge in [0.1, 0.15) is 0 Å². The summed E-state index contributed by atoms with van der Waals surface area (Å²) in [5.74, 6) is -0.447. The molecule has 0 unspecified atom stereocenters. The highest BCUT2D eigenvalue weighted by atomic mass is 32.1. The molecule has 0 aliphatic rings. The molecule has 7 heteroatoms. The lowest BCUT2D eigenvalue weighted by atomic mass is 10.1. The number of thiazole rings is 1. The quantitative estimate of drug-likeness (QED) is 0.875. The number of nitrogens with zero attached hydrogens (tertiary/aromatic N) is 1. The summed E-state index contributed by atoms with van der Waals surface area (Å²) in [6.45, 7) is 0. The molecule has 0 saturated carbocycles. The van der Waals surface area contributed by atoms with Crippen LogP contribution in [0.15, 0.2) is 41.9 Å². The van der Waals surface area contributed by atoms with Crippen LogP contribution in [0.4, 0.5) is 18.3 Å². The first-order valence-corrected chi connectivity index (χ1v) is 6.39. The van der Waals surface area contributed by atoms with Crippen LogP contribution in [0.3, 0.4) is 0 Å². The molecule has 20 heavy (non-hydrogen) atoms. The number of anilines is 1. The molecule has 1 heterocycles. The monoisotopic (exact) mass is 298 g/mol. The largest absolute Gasteiger partial charge is 0.416 e. The number of aromatic nitrogens is 1. The van der Waals surface area contributed by atoms with Gasteiger partial charge in [-0.15, -0.1) is 11.3 Å². The molecule has 0 fully saturated rings. The van der Waals surface area contributed by atoms with Gasteiger partial charge >= 0.3 is 6.18 Å². The standard InChI is InChI=1S/C13H9F3N2OS/c14-13(15,16)10-3-1-2-9(8-10)4-5-11(19)18-12-17-6-7-20-12/h1-8H,(H,17,18,19). The number of nitrogens with one attached hydrogen (secondary N) is 1. The first kappa shape index (κ1) is 14.3. The fraction of sp³-hybridized carbons (Fsp3) is 0.0769. The highest BCUT2D eigenvalue weighted by Gasteiger charge is 2.30. The van der Waals surface area contributed by atoms with Crippen LogP contribution < -0.4 is 5.32 Å². The molecule has 3 nitrogen and oxygen atoms in total. The third-order valence-electron chi connectivity index (χ3n) is 2.30. The average molecular weight is 298 g/mol. The van der Waals surface area contributed by atoms with Crippen LogP contribution in [0.1, 0.15) is 11.1 Å². The van der Waals surface area contributed by atoms with Crippen molar-refractivity contribution >= 4 is 28.5 Å². The molecule has 0 spiro atoms. The summed E-state index contributed by atoms with van der Waals surface area (Å²) in [7, 11) is 0. The maximum absolute atomic E-state index is 12.5. The summed E-state index contributed by atoms with van der Waals surface area (Å²) in [6, 6.07) is 4.74. The third-order valence-corrected chi connectivity index (χ3v) is 2.99. The van der Waals surface area contributed by atoms with Gasteiger partial charge in [-0.25, -0.2) is 4.98 Å². The van der Waals surface area contributed by atoms with Gasteiger partial charge in [0.25, 0.3) is 0 Å². The zero-order chi connectivity index (χ0) is 14.6. The fourth-order valence-corrected chi connectivity index (χ4v) is 1.95. The number of rotatable bonds is 3. The van der Waals surface area contributed by atoms with Crippen molar-refractivity contribution in [1.29, 1.82) is 0 Å². The molecule has 0 bridgehead atoms. The summed E-state index contributed by atoms with van der Waals surface area (Å²) < 4.78 is 37.5. The number of benzene rings is 1. The lowest BCUT2D eigenvalue weighted by molar-refractivity contribution is -0.137. The van der Waals surface area contributed by atoms with Gasteiger partial charge in [-0.1, -0.05) is 12.1 Å². The Hall–Kier alpha value is -2.15. The Balaban J connectivity index is 2.06. The second kappa shape index (κ2) is 5.87. The van der Waals surface area contributed by atoms with E-state index in [0.29, 0.717) is 10.7 Å². The van der Waals surface area contributed by atoms with Crippen molar-refractivity contribution in [2.75, 3.05) is 5.32 Å². The van der Waals surface area contributed by atoms with Crippen LogP contribution in [-0.4, -0.2) is 10.9 Å². The predicted molar refractivity (Wildman–Crippen MR) is 71.2 cm³/mol. The maximum atomic E-state index is 12.5. The summed E-state index contributed by atoms with van der Waals surface area (Å²) in [5.41, 5.74) is -0.450. The number of hydrogen-bond donors (Lipinski definition) is 1. The predicted octanol–water partition coefficient (Wildman–Crippen LogP) is 3.81. The number of carbonyl (C=O) groups is 1. The number of amides is 1. The van der Waals surface area contributed by atoms with Crippen molar-refractivity contribution in [3.63, 3.8) is 0 Å². The van der Waals surface area contributed by atoms with Crippen LogP contribution >= 0.6 is 11.3 Å². The van der Waals surface area contributed by atoms with E-state index < -0.39 is 17.6 Å². The number of alkyl halides is 3. The lowest BCUT2D eigenvalue weighted by Crippen LogP contribution is -2.07. The molecule has 0 saturated heterocycles. The number of carbonyl (C=O) groups excluding carboxylic acids is 1. The van der Waals surface area contributed by atoms with E-state index in [1.807, 2.05) is 0 Å². The first-order valence-electron chi connectivity index (χ1n) is 5.51. The molecule has 2 rings (SSSR count). The Morgan fingerprint density at radius 1 is 1.35 bits per heavy atom. The molecule has 1 amide bonds. The Morgan fingerprint density at radius 2 is 2.15 bits per heavy atom. The second-order valence-corrected chi connectivity index (χ2v) is 4.68. The normalized spacial score (nSPS) is 11.8. The van der Waals surface area contributed by atoms with Crippen LogP contribution in [0.25, 0.3) is 6.08 Å². The lowest BCUT2D eigenvalue weighted by Gasteiger charge is -2.06. The summed E-state index contributed by atoms with van der Waals surface area (Å²) in [6.07, 6.45) is -0.376. The minimum absolute atomic E-state index is 0.300. The Bertz CT molecular complexity index is 621. The highest BCUT2D eigenvalue weighted by molar-refractivity contribution is 7.13. The van der Waals surface area contributed by atoms with Crippen molar-refractivity contribution in [3.05, 3.63) is 53.0 Å². The van der Waals surface area contributed by atoms with E-state index in [1.165, 1.54) is 35.7 Å². The zero-order valence-electron chi connectivity index (χ0n) is 10.0. The van der Waals surface area contributed by atoms with Gasteiger partial charge in [0.05, 0.1) is 5.56 Å². The van der Waals surface area contributed by atoms with E-state index >= 15 is 0 Å². The SMILES string of the molecule is O=C(C=Cc1cccc(C(F)(F)F)c1)Nc1nccs1. The third kappa shape index (κ3) is 3.92. The summed E-state index contributed by atoms with van der Waals surface area (Å²) >= 11 is 1.25. The average Bonchev–Trinajstić information content (AvgIpc) is 2.88. The van der Waals surface area contributed by atoms with Gasteiger partial charge in [-0.05, 0) is 23.8 Å². The molecule has 1 aromatic carbocycles. The van der Waals surface area contributed by atoms with Crippen LogP contribution in [0.2, 0.25) is 0 Å². The molecular formula is C13H9F3N2OS. The van der Waals surface area contributed by atoms with E-state index in [2.05, 4.69) is 10.3 Å².